The number of rotatable bonds is 5. The molecule has 0 aliphatic carbocycles. The number of nitrogens with one attached hydrogen (secondary N) is 1. The molecule has 5 nitrogen and oxygen atoms in total. The lowest BCUT2D eigenvalue weighted by molar-refractivity contribution is -0.118. The van der Waals surface area contributed by atoms with Crippen molar-refractivity contribution in [2.24, 2.45) is 0 Å². The molecule has 5 heteroatoms. The summed E-state index contributed by atoms with van der Waals surface area (Å²) in [7, 11) is 1.32. The molecule has 0 aliphatic heterocycles. The number of ether oxygens (including phenoxy) is 2. The molecular weight excluding hydrogens is 282 g/mol. The predicted molar refractivity (Wildman–Crippen MR) is 83.1 cm³/mol. The van der Waals surface area contributed by atoms with Crippen LogP contribution in [0.2, 0.25) is 0 Å². The summed E-state index contributed by atoms with van der Waals surface area (Å²) in [6.07, 6.45) is 0. The Kier molecular flexibility index (Phi) is 5.14. The van der Waals surface area contributed by atoms with E-state index in [0.717, 1.165) is 0 Å². The standard InChI is InChI=1S/C17H17NO4/c1-12-14(17(20)21-2)9-6-10-15(12)18-16(19)11-22-13-7-4-3-5-8-13/h3-10H,11H2,1-2H3,(H,18,19). The molecule has 0 radical (unpaired) electrons. The zero-order chi connectivity index (χ0) is 15.9. The van der Waals surface area contributed by atoms with Crippen LogP contribution in [0.25, 0.3) is 0 Å². The van der Waals surface area contributed by atoms with Gasteiger partial charge < -0.3 is 14.8 Å². The smallest absolute Gasteiger partial charge is 0.338 e. The van der Waals surface area contributed by atoms with Crippen LogP contribution in [0.15, 0.2) is 48.5 Å². The molecule has 0 atom stereocenters. The predicted octanol–water partition coefficient (Wildman–Crippen LogP) is 2.80. The highest BCUT2D eigenvalue weighted by Gasteiger charge is 2.13. The molecule has 22 heavy (non-hydrogen) atoms. The van der Waals surface area contributed by atoms with Crippen molar-refractivity contribution >= 4 is 17.6 Å². The van der Waals surface area contributed by atoms with Gasteiger partial charge in [-0.05, 0) is 36.8 Å². The van der Waals surface area contributed by atoms with E-state index in [1.807, 2.05) is 18.2 Å². The van der Waals surface area contributed by atoms with Gasteiger partial charge in [-0.2, -0.15) is 0 Å². The van der Waals surface area contributed by atoms with Gasteiger partial charge in [0.15, 0.2) is 6.61 Å². The van der Waals surface area contributed by atoms with Crippen molar-refractivity contribution in [1.29, 1.82) is 0 Å². The molecule has 2 rings (SSSR count). The Hall–Kier alpha value is -2.82. The summed E-state index contributed by atoms with van der Waals surface area (Å²) in [4.78, 5) is 23.6. The van der Waals surface area contributed by atoms with Crippen LogP contribution in [0.5, 0.6) is 5.75 Å². The molecule has 2 aromatic rings. The summed E-state index contributed by atoms with van der Waals surface area (Å²) >= 11 is 0. The second-order valence-corrected chi connectivity index (χ2v) is 4.62. The first kappa shape index (κ1) is 15.6. The van der Waals surface area contributed by atoms with E-state index in [4.69, 9.17) is 9.47 Å². The second-order valence-electron chi connectivity index (χ2n) is 4.62. The Labute approximate surface area is 128 Å². The normalized spacial score (nSPS) is 9.91. The van der Waals surface area contributed by atoms with Crippen molar-refractivity contribution in [2.45, 2.75) is 6.92 Å². The summed E-state index contributed by atoms with van der Waals surface area (Å²) in [5.74, 6) is -0.110. The van der Waals surface area contributed by atoms with Gasteiger partial charge in [0.05, 0.1) is 12.7 Å². The minimum atomic E-state index is -0.436. The quantitative estimate of drug-likeness (QED) is 0.862. The van der Waals surface area contributed by atoms with Crippen LogP contribution in [-0.2, 0) is 9.53 Å². The highest BCUT2D eigenvalue weighted by atomic mass is 16.5. The second kappa shape index (κ2) is 7.26. The summed E-state index contributed by atoms with van der Waals surface area (Å²) in [6, 6.07) is 14.1. The van der Waals surface area contributed by atoms with E-state index in [1.165, 1.54) is 7.11 Å². The van der Waals surface area contributed by atoms with E-state index < -0.39 is 5.97 Å². The lowest BCUT2D eigenvalue weighted by atomic mass is 10.1. The van der Waals surface area contributed by atoms with Crippen LogP contribution in [0.3, 0.4) is 0 Å². The first-order valence-electron chi connectivity index (χ1n) is 6.77. The first-order valence-corrected chi connectivity index (χ1v) is 6.77. The lowest BCUT2D eigenvalue weighted by Crippen LogP contribution is -2.21. The fourth-order valence-corrected chi connectivity index (χ4v) is 1.95. The van der Waals surface area contributed by atoms with Gasteiger partial charge >= 0.3 is 5.97 Å². The molecule has 0 heterocycles. The molecule has 0 spiro atoms. The largest absolute Gasteiger partial charge is 0.484 e. The van der Waals surface area contributed by atoms with E-state index in [9.17, 15) is 9.59 Å². The molecule has 114 valence electrons. The first-order chi connectivity index (χ1) is 10.6. The Morgan fingerprint density at radius 2 is 1.77 bits per heavy atom. The number of carbonyl (C=O) groups is 2. The molecular formula is C17H17NO4. The van der Waals surface area contributed by atoms with Crippen LogP contribution in [0.1, 0.15) is 15.9 Å². The summed E-state index contributed by atoms with van der Waals surface area (Å²) < 4.78 is 10.1. The molecule has 1 amide bonds. The Morgan fingerprint density at radius 1 is 1.05 bits per heavy atom. The van der Waals surface area contributed by atoms with E-state index in [0.29, 0.717) is 22.6 Å². The summed E-state index contributed by atoms with van der Waals surface area (Å²) in [5.41, 5.74) is 1.64. The molecule has 0 saturated carbocycles. The maximum absolute atomic E-state index is 11.9. The zero-order valence-corrected chi connectivity index (χ0v) is 12.5. The fraction of sp³-hybridized carbons (Fsp3) is 0.176. The van der Waals surface area contributed by atoms with Crippen molar-refractivity contribution < 1.29 is 19.1 Å². The average Bonchev–Trinajstić information content (AvgIpc) is 2.55. The van der Waals surface area contributed by atoms with Gasteiger partial charge in [-0.3, -0.25) is 4.79 Å². The van der Waals surface area contributed by atoms with E-state index >= 15 is 0 Å². The number of para-hydroxylation sites is 1. The van der Waals surface area contributed by atoms with Gasteiger partial charge in [0.2, 0.25) is 0 Å². The van der Waals surface area contributed by atoms with Crippen LogP contribution in [0, 0.1) is 6.92 Å². The molecule has 0 fully saturated rings. The van der Waals surface area contributed by atoms with Gasteiger partial charge in [0.1, 0.15) is 5.75 Å². The Bertz CT molecular complexity index is 668. The maximum atomic E-state index is 11.9. The minimum absolute atomic E-state index is 0.105. The van der Waals surface area contributed by atoms with Gasteiger partial charge in [-0.1, -0.05) is 24.3 Å². The monoisotopic (exact) mass is 299 g/mol. The number of carbonyl (C=O) groups excluding carboxylic acids is 2. The topological polar surface area (TPSA) is 64.6 Å². The van der Waals surface area contributed by atoms with Crippen LogP contribution < -0.4 is 10.1 Å². The van der Waals surface area contributed by atoms with E-state index in [2.05, 4.69) is 5.32 Å². The van der Waals surface area contributed by atoms with Gasteiger partial charge in [-0.15, -0.1) is 0 Å². The molecule has 0 aromatic heterocycles. The number of esters is 1. The number of amides is 1. The zero-order valence-electron chi connectivity index (χ0n) is 12.5. The van der Waals surface area contributed by atoms with Crippen molar-refractivity contribution in [2.75, 3.05) is 19.0 Å². The molecule has 2 aromatic carbocycles. The Balaban J connectivity index is 2.01. The number of anilines is 1. The van der Waals surface area contributed by atoms with Crippen molar-refractivity contribution in [3.8, 4) is 5.75 Å². The highest BCUT2D eigenvalue weighted by Crippen LogP contribution is 2.19. The van der Waals surface area contributed by atoms with Crippen LogP contribution in [0.4, 0.5) is 5.69 Å². The SMILES string of the molecule is COC(=O)c1cccc(NC(=O)COc2ccccc2)c1C. The lowest BCUT2D eigenvalue weighted by Gasteiger charge is -2.12. The number of benzene rings is 2. The third kappa shape index (κ3) is 3.85. The van der Waals surface area contributed by atoms with Crippen LogP contribution >= 0.6 is 0 Å². The van der Waals surface area contributed by atoms with Gasteiger partial charge in [0.25, 0.3) is 5.91 Å². The molecule has 0 saturated heterocycles. The summed E-state index contributed by atoms with van der Waals surface area (Å²) in [6.45, 7) is 1.64. The fourth-order valence-electron chi connectivity index (χ4n) is 1.95. The van der Waals surface area contributed by atoms with Gasteiger partial charge in [-0.25, -0.2) is 4.79 Å². The number of hydrogen-bond acceptors (Lipinski definition) is 4. The minimum Gasteiger partial charge on any atom is -0.484 e. The number of hydrogen-bond donors (Lipinski definition) is 1. The molecule has 0 aliphatic rings. The highest BCUT2D eigenvalue weighted by molar-refractivity contribution is 5.97. The molecule has 0 unspecified atom stereocenters. The third-order valence-electron chi connectivity index (χ3n) is 3.13. The molecule has 0 bridgehead atoms. The maximum Gasteiger partial charge on any atom is 0.338 e. The van der Waals surface area contributed by atoms with Crippen molar-refractivity contribution in [1.82, 2.24) is 0 Å². The number of methoxy groups -OCH3 is 1. The summed E-state index contributed by atoms with van der Waals surface area (Å²) in [5, 5.41) is 2.73. The average molecular weight is 299 g/mol. The van der Waals surface area contributed by atoms with E-state index in [1.54, 1.807) is 37.3 Å². The van der Waals surface area contributed by atoms with E-state index in [-0.39, 0.29) is 12.5 Å². The Morgan fingerprint density at radius 3 is 2.45 bits per heavy atom. The van der Waals surface area contributed by atoms with Crippen molar-refractivity contribution in [3.63, 3.8) is 0 Å². The van der Waals surface area contributed by atoms with Crippen molar-refractivity contribution in [3.05, 3.63) is 59.7 Å². The molecule has 1 N–H and O–H groups in total. The van der Waals surface area contributed by atoms with Gasteiger partial charge in [0, 0.05) is 5.69 Å². The third-order valence-corrected chi connectivity index (χ3v) is 3.13. The van der Waals surface area contributed by atoms with Crippen LogP contribution in [-0.4, -0.2) is 25.6 Å².